The first-order chi connectivity index (χ1) is 9.29. The first-order valence-electron chi connectivity index (χ1n) is 6.99. The van der Waals surface area contributed by atoms with E-state index in [9.17, 15) is 4.39 Å². The Bertz CT molecular complexity index is 465. The fourth-order valence-corrected chi connectivity index (χ4v) is 2.47. The molecule has 0 saturated carbocycles. The van der Waals surface area contributed by atoms with Crippen LogP contribution >= 0.6 is 0 Å². The van der Waals surface area contributed by atoms with Crippen molar-refractivity contribution in [2.24, 2.45) is 5.73 Å². The van der Waals surface area contributed by atoms with Gasteiger partial charge < -0.3 is 5.73 Å². The van der Waals surface area contributed by atoms with Gasteiger partial charge in [-0.2, -0.15) is 0 Å². The maximum Gasteiger partial charge on any atom is 0.138 e. The van der Waals surface area contributed by atoms with Gasteiger partial charge in [-0.1, -0.05) is 30.7 Å². The fraction of sp³-hybridized carbons (Fsp3) is 0.500. The predicted octanol–water partition coefficient (Wildman–Crippen LogP) is 2.51. The Morgan fingerprint density at radius 1 is 1.16 bits per heavy atom. The maximum atomic E-state index is 13.6. The van der Waals surface area contributed by atoms with Crippen molar-refractivity contribution in [3.05, 3.63) is 35.1 Å². The summed E-state index contributed by atoms with van der Waals surface area (Å²) in [6.45, 7) is 3.43. The normalized spacial score (nSPS) is 16.5. The molecule has 2 nitrogen and oxygen atoms in total. The van der Waals surface area contributed by atoms with E-state index in [-0.39, 0.29) is 12.4 Å². The molecule has 0 bridgehead atoms. The smallest absolute Gasteiger partial charge is 0.138 e. The summed E-state index contributed by atoms with van der Waals surface area (Å²) in [5.74, 6) is 5.24. The van der Waals surface area contributed by atoms with E-state index in [0.717, 1.165) is 25.2 Å². The van der Waals surface area contributed by atoms with Crippen molar-refractivity contribution < 1.29 is 4.39 Å². The van der Waals surface area contributed by atoms with Crippen LogP contribution in [0.5, 0.6) is 0 Å². The van der Waals surface area contributed by atoms with Crippen LogP contribution in [0.4, 0.5) is 4.39 Å². The average Bonchev–Trinajstić information content (AvgIpc) is 2.68. The molecule has 0 atom stereocenters. The minimum Gasteiger partial charge on any atom is -0.320 e. The number of hydrogen-bond donors (Lipinski definition) is 1. The third-order valence-electron chi connectivity index (χ3n) is 3.46. The number of halogens is 1. The summed E-state index contributed by atoms with van der Waals surface area (Å²) in [5, 5.41) is 0. The molecule has 1 aromatic rings. The molecule has 0 spiro atoms. The summed E-state index contributed by atoms with van der Waals surface area (Å²) in [4.78, 5) is 2.44. The molecule has 0 unspecified atom stereocenters. The standard InChI is InChI=1S/C16H21FN2/c17-16-8-7-14(12-15(16)6-5-9-18)13-19-10-3-1-2-4-11-19/h7-8,12H,1-4,9-11,13,18H2. The molecule has 1 saturated heterocycles. The van der Waals surface area contributed by atoms with Gasteiger partial charge in [0.05, 0.1) is 12.1 Å². The lowest BCUT2D eigenvalue weighted by molar-refractivity contribution is 0.277. The highest BCUT2D eigenvalue weighted by molar-refractivity contribution is 5.38. The second-order valence-electron chi connectivity index (χ2n) is 5.01. The van der Waals surface area contributed by atoms with E-state index in [2.05, 4.69) is 16.7 Å². The molecule has 0 amide bonds. The molecule has 3 heteroatoms. The van der Waals surface area contributed by atoms with Crippen molar-refractivity contribution in [1.29, 1.82) is 0 Å². The molecular weight excluding hydrogens is 239 g/mol. The summed E-state index contributed by atoms with van der Waals surface area (Å²) < 4.78 is 13.6. The molecule has 19 heavy (non-hydrogen) atoms. The molecule has 1 fully saturated rings. The Hall–Kier alpha value is -1.37. The minimum atomic E-state index is -0.263. The van der Waals surface area contributed by atoms with Gasteiger partial charge in [0, 0.05) is 6.54 Å². The lowest BCUT2D eigenvalue weighted by atomic mass is 10.1. The van der Waals surface area contributed by atoms with Crippen LogP contribution in [0.25, 0.3) is 0 Å². The van der Waals surface area contributed by atoms with Gasteiger partial charge in [0.2, 0.25) is 0 Å². The first kappa shape index (κ1) is 14.0. The molecule has 1 aromatic carbocycles. The zero-order chi connectivity index (χ0) is 13.5. The third-order valence-corrected chi connectivity index (χ3v) is 3.46. The summed E-state index contributed by atoms with van der Waals surface area (Å²) in [7, 11) is 0. The van der Waals surface area contributed by atoms with Crippen LogP contribution in [-0.2, 0) is 6.54 Å². The van der Waals surface area contributed by atoms with Crippen molar-refractivity contribution in [3.63, 3.8) is 0 Å². The van der Waals surface area contributed by atoms with Crippen LogP contribution < -0.4 is 5.73 Å². The van der Waals surface area contributed by atoms with Gasteiger partial charge in [0.25, 0.3) is 0 Å². The molecule has 2 N–H and O–H groups in total. The Labute approximate surface area is 114 Å². The topological polar surface area (TPSA) is 29.3 Å². The van der Waals surface area contributed by atoms with E-state index in [1.165, 1.54) is 31.7 Å². The molecule has 0 radical (unpaired) electrons. The first-order valence-corrected chi connectivity index (χ1v) is 6.99. The van der Waals surface area contributed by atoms with Gasteiger partial charge in [0.1, 0.15) is 5.82 Å². The van der Waals surface area contributed by atoms with E-state index in [1.54, 1.807) is 0 Å². The Balaban J connectivity index is 2.07. The van der Waals surface area contributed by atoms with Crippen LogP contribution in [0.1, 0.15) is 36.8 Å². The van der Waals surface area contributed by atoms with Crippen molar-refractivity contribution in [2.45, 2.75) is 32.2 Å². The Morgan fingerprint density at radius 3 is 2.58 bits per heavy atom. The maximum absolute atomic E-state index is 13.6. The molecule has 2 rings (SSSR count). The number of hydrogen-bond acceptors (Lipinski definition) is 2. The van der Waals surface area contributed by atoms with Crippen molar-refractivity contribution >= 4 is 0 Å². The summed E-state index contributed by atoms with van der Waals surface area (Å²) in [6.07, 6.45) is 5.18. The highest BCUT2D eigenvalue weighted by atomic mass is 19.1. The Morgan fingerprint density at radius 2 is 1.89 bits per heavy atom. The van der Waals surface area contributed by atoms with Gasteiger partial charge in [-0.05, 0) is 43.6 Å². The molecule has 102 valence electrons. The number of nitrogens with two attached hydrogens (primary N) is 1. The van der Waals surface area contributed by atoms with Crippen molar-refractivity contribution in [3.8, 4) is 11.8 Å². The monoisotopic (exact) mass is 260 g/mol. The summed E-state index contributed by atoms with van der Waals surface area (Å²) in [6, 6.07) is 5.21. The van der Waals surface area contributed by atoms with Gasteiger partial charge in [-0.3, -0.25) is 4.90 Å². The highest BCUT2D eigenvalue weighted by Gasteiger charge is 2.10. The van der Waals surface area contributed by atoms with Crippen LogP contribution in [0, 0.1) is 17.7 Å². The van der Waals surface area contributed by atoms with E-state index in [0.29, 0.717) is 5.56 Å². The minimum absolute atomic E-state index is 0.260. The summed E-state index contributed by atoms with van der Waals surface area (Å²) in [5.41, 5.74) is 6.91. The van der Waals surface area contributed by atoms with Gasteiger partial charge in [-0.25, -0.2) is 4.39 Å². The number of nitrogens with zero attached hydrogens (tertiary/aromatic N) is 1. The van der Waals surface area contributed by atoms with Crippen molar-refractivity contribution in [1.82, 2.24) is 4.90 Å². The van der Waals surface area contributed by atoms with E-state index < -0.39 is 0 Å². The molecule has 1 heterocycles. The fourth-order valence-electron chi connectivity index (χ4n) is 2.47. The van der Waals surface area contributed by atoms with Crippen LogP contribution in [0.3, 0.4) is 0 Å². The van der Waals surface area contributed by atoms with Gasteiger partial charge >= 0.3 is 0 Å². The Kier molecular flexibility index (Phi) is 5.38. The molecule has 1 aliphatic rings. The van der Waals surface area contributed by atoms with Crippen LogP contribution in [-0.4, -0.2) is 24.5 Å². The molecular formula is C16H21FN2. The van der Waals surface area contributed by atoms with E-state index >= 15 is 0 Å². The largest absolute Gasteiger partial charge is 0.320 e. The lowest BCUT2D eigenvalue weighted by Gasteiger charge is -2.19. The molecule has 0 aromatic heterocycles. The van der Waals surface area contributed by atoms with Crippen LogP contribution in [0.15, 0.2) is 18.2 Å². The summed E-state index contributed by atoms with van der Waals surface area (Å²) >= 11 is 0. The lowest BCUT2D eigenvalue weighted by Crippen LogP contribution is -2.24. The second-order valence-corrected chi connectivity index (χ2v) is 5.01. The number of likely N-dealkylation sites (tertiary alicyclic amines) is 1. The third kappa shape index (κ3) is 4.34. The van der Waals surface area contributed by atoms with E-state index in [1.807, 2.05) is 12.1 Å². The number of rotatable bonds is 2. The van der Waals surface area contributed by atoms with Crippen molar-refractivity contribution in [2.75, 3.05) is 19.6 Å². The predicted molar refractivity (Wildman–Crippen MR) is 76.1 cm³/mol. The molecule has 0 aliphatic carbocycles. The molecule has 1 aliphatic heterocycles. The zero-order valence-corrected chi connectivity index (χ0v) is 11.3. The zero-order valence-electron chi connectivity index (χ0n) is 11.3. The highest BCUT2D eigenvalue weighted by Crippen LogP contribution is 2.15. The number of benzene rings is 1. The van der Waals surface area contributed by atoms with Gasteiger partial charge in [0.15, 0.2) is 0 Å². The SMILES string of the molecule is NCC#Cc1cc(CN2CCCCCC2)ccc1F. The average molecular weight is 260 g/mol. The van der Waals surface area contributed by atoms with Gasteiger partial charge in [-0.15, -0.1) is 0 Å². The quantitative estimate of drug-likeness (QED) is 0.828. The van der Waals surface area contributed by atoms with Crippen LogP contribution in [0.2, 0.25) is 0 Å². The van der Waals surface area contributed by atoms with E-state index in [4.69, 9.17) is 5.73 Å². The second kappa shape index (κ2) is 7.28.